The van der Waals surface area contributed by atoms with Gasteiger partial charge in [0.2, 0.25) is 5.91 Å². The Balaban J connectivity index is 1.13. The van der Waals surface area contributed by atoms with Crippen LogP contribution in [0.1, 0.15) is 56.0 Å². The highest BCUT2D eigenvalue weighted by Crippen LogP contribution is 2.43. The summed E-state index contributed by atoms with van der Waals surface area (Å²) in [5, 5.41) is 8.17. The van der Waals surface area contributed by atoms with Crippen LogP contribution in [0.25, 0.3) is 10.8 Å². The summed E-state index contributed by atoms with van der Waals surface area (Å²) in [6, 6.07) is 31.4. The summed E-state index contributed by atoms with van der Waals surface area (Å²) in [7, 11) is 1.37. The maximum absolute atomic E-state index is 13.4. The number of hydrogen-bond acceptors (Lipinski definition) is 6. The molecule has 6 nitrogen and oxygen atoms in total. The van der Waals surface area contributed by atoms with Gasteiger partial charge in [-0.2, -0.15) is 0 Å². The van der Waals surface area contributed by atoms with Crippen molar-refractivity contribution in [1.29, 1.82) is 0 Å². The molecule has 2 atom stereocenters. The molecule has 0 bridgehead atoms. The molecule has 1 aromatic heterocycles. The Morgan fingerprint density at radius 2 is 1.66 bits per heavy atom. The summed E-state index contributed by atoms with van der Waals surface area (Å²) in [5.74, 6) is -0.454. The Labute approximate surface area is 264 Å². The highest BCUT2D eigenvalue weighted by atomic mass is 32.2. The van der Waals surface area contributed by atoms with E-state index >= 15 is 0 Å². The largest absolute Gasteiger partial charge is 0.465 e. The normalized spacial score (nSPS) is 14.8. The Hall–Kier alpha value is -4.40. The van der Waals surface area contributed by atoms with Crippen molar-refractivity contribution in [2.45, 2.75) is 42.2 Å². The number of carbonyl (C=O) groups is 3. The van der Waals surface area contributed by atoms with Crippen LogP contribution in [0.5, 0.6) is 0 Å². The van der Waals surface area contributed by atoms with Crippen molar-refractivity contribution in [3.63, 3.8) is 0 Å². The highest BCUT2D eigenvalue weighted by Gasteiger charge is 2.31. The Kier molecular flexibility index (Phi) is 8.82. The van der Waals surface area contributed by atoms with Crippen molar-refractivity contribution < 1.29 is 19.1 Å². The molecule has 2 amide bonds. The number of fused-ring (bicyclic) bond motifs is 2. The fourth-order valence-corrected chi connectivity index (χ4v) is 7.90. The fourth-order valence-electron chi connectivity index (χ4n) is 5.65. The molecule has 0 saturated heterocycles. The van der Waals surface area contributed by atoms with Crippen molar-refractivity contribution in [3.05, 3.63) is 124 Å². The van der Waals surface area contributed by atoms with Crippen LogP contribution in [0.2, 0.25) is 0 Å². The van der Waals surface area contributed by atoms with E-state index in [0.717, 1.165) is 45.4 Å². The highest BCUT2D eigenvalue weighted by molar-refractivity contribution is 8.00. The molecule has 2 unspecified atom stereocenters. The third-order valence-corrected chi connectivity index (χ3v) is 10.2. The van der Waals surface area contributed by atoms with Crippen molar-refractivity contribution in [2.24, 2.45) is 0 Å². The van der Waals surface area contributed by atoms with Crippen LogP contribution in [-0.2, 0) is 22.4 Å². The van der Waals surface area contributed by atoms with E-state index in [1.807, 2.05) is 79.7 Å². The number of benzene rings is 4. The zero-order valence-electron chi connectivity index (χ0n) is 24.5. The molecule has 4 aromatic carbocycles. The zero-order valence-corrected chi connectivity index (χ0v) is 26.1. The molecule has 0 spiro atoms. The van der Waals surface area contributed by atoms with E-state index in [4.69, 9.17) is 4.74 Å². The molecule has 0 aliphatic heterocycles. The molecule has 0 saturated carbocycles. The lowest BCUT2D eigenvalue weighted by Gasteiger charge is -2.22. The summed E-state index contributed by atoms with van der Waals surface area (Å²) in [5.41, 5.74) is 3.97. The minimum absolute atomic E-state index is 0.199. The van der Waals surface area contributed by atoms with E-state index in [9.17, 15) is 14.4 Å². The number of thioether (sulfide) groups is 1. The molecule has 1 heterocycles. The lowest BCUT2D eigenvalue weighted by atomic mass is 9.83. The van der Waals surface area contributed by atoms with Gasteiger partial charge in [0.05, 0.1) is 17.9 Å². The second-order valence-corrected chi connectivity index (χ2v) is 13.4. The first kappa shape index (κ1) is 29.7. The monoisotopic (exact) mass is 620 g/mol. The van der Waals surface area contributed by atoms with Crippen LogP contribution in [0.4, 0.5) is 10.7 Å². The van der Waals surface area contributed by atoms with Crippen molar-refractivity contribution >= 4 is 62.3 Å². The van der Waals surface area contributed by atoms with E-state index < -0.39 is 11.2 Å². The lowest BCUT2D eigenvalue weighted by Crippen LogP contribution is -2.23. The topological polar surface area (TPSA) is 84.5 Å². The predicted molar refractivity (Wildman–Crippen MR) is 179 cm³/mol. The molecule has 0 radical (unpaired) electrons. The van der Waals surface area contributed by atoms with Gasteiger partial charge in [0.25, 0.3) is 5.91 Å². The number of methoxy groups -OCH3 is 1. The fraction of sp³-hybridized carbons (Fsp3) is 0.194. The van der Waals surface area contributed by atoms with E-state index in [1.165, 1.54) is 35.8 Å². The molecule has 2 N–H and O–H groups in total. The molecule has 5 aromatic rings. The van der Waals surface area contributed by atoms with E-state index in [2.05, 4.69) is 34.9 Å². The van der Waals surface area contributed by atoms with Gasteiger partial charge in [0, 0.05) is 21.0 Å². The molecule has 44 heavy (non-hydrogen) atoms. The maximum Gasteiger partial charge on any atom is 0.341 e. The minimum Gasteiger partial charge on any atom is -0.465 e. The number of anilines is 2. The van der Waals surface area contributed by atoms with Crippen LogP contribution < -0.4 is 10.6 Å². The molecular weight excluding hydrogens is 589 g/mol. The Bertz CT molecular complexity index is 1850. The first-order valence-electron chi connectivity index (χ1n) is 14.5. The maximum atomic E-state index is 13.4. The third kappa shape index (κ3) is 6.42. The van der Waals surface area contributed by atoms with Gasteiger partial charge < -0.3 is 15.4 Å². The van der Waals surface area contributed by atoms with Crippen molar-refractivity contribution in [1.82, 2.24) is 0 Å². The number of amides is 2. The van der Waals surface area contributed by atoms with Gasteiger partial charge in [-0.25, -0.2) is 4.79 Å². The van der Waals surface area contributed by atoms with Crippen molar-refractivity contribution in [2.75, 3.05) is 17.7 Å². The molecule has 0 fully saturated rings. The molecule has 1 aliphatic carbocycles. The number of carbonyl (C=O) groups excluding carboxylic acids is 3. The van der Waals surface area contributed by atoms with Gasteiger partial charge in [0.15, 0.2) is 0 Å². The number of hydrogen-bond donors (Lipinski definition) is 2. The molecule has 6 rings (SSSR count). The molecule has 8 heteroatoms. The van der Waals surface area contributed by atoms with Gasteiger partial charge in [-0.15, -0.1) is 23.1 Å². The molecule has 1 aliphatic rings. The second-order valence-electron chi connectivity index (χ2n) is 10.8. The third-order valence-electron chi connectivity index (χ3n) is 7.95. The first-order valence-corrected chi connectivity index (χ1v) is 16.2. The summed E-state index contributed by atoms with van der Waals surface area (Å²) < 4.78 is 5.13. The van der Waals surface area contributed by atoms with Crippen LogP contribution in [-0.4, -0.2) is 30.1 Å². The summed E-state index contributed by atoms with van der Waals surface area (Å²) >= 11 is 2.86. The number of nitrogens with one attached hydrogen (secondary N) is 2. The van der Waals surface area contributed by atoms with E-state index in [0.29, 0.717) is 27.7 Å². The van der Waals surface area contributed by atoms with Crippen LogP contribution in [0, 0.1) is 0 Å². The Morgan fingerprint density at radius 3 is 2.45 bits per heavy atom. The van der Waals surface area contributed by atoms with Gasteiger partial charge in [0.1, 0.15) is 5.00 Å². The number of ether oxygens (including phenoxy) is 1. The smallest absolute Gasteiger partial charge is 0.341 e. The minimum atomic E-state index is -0.455. The average molecular weight is 621 g/mol. The standard InChI is InChI=1S/C36H32N2O4S2/c1-22(43-29-14-8-13-28(21-29)37-34(40)27-16-15-24-11-6-7-12-25(24)19-27)33(39)38-35-32(36(41)42-2)30-18-17-26(20-31(30)44-35)23-9-4-3-5-10-23/h3-16,19,21-22,26H,17-18,20H2,1-2H3,(H,37,40)(H,38,39). The van der Waals surface area contributed by atoms with E-state index in [1.54, 1.807) is 0 Å². The summed E-state index contributed by atoms with van der Waals surface area (Å²) in [4.78, 5) is 41.2. The lowest BCUT2D eigenvalue weighted by molar-refractivity contribution is -0.115. The molecular formula is C36H32N2O4S2. The quantitative estimate of drug-likeness (QED) is 0.135. The van der Waals surface area contributed by atoms with Crippen LogP contribution in [0.3, 0.4) is 0 Å². The van der Waals surface area contributed by atoms with Crippen LogP contribution in [0.15, 0.2) is 102 Å². The average Bonchev–Trinajstić information content (AvgIpc) is 3.41. The van der Waals surface area contributed by atoms with Gasteiger partial charge in [-0.05, 0) is 84.3 Å². The Morgan fingerprint density at radius 1 is 0.886 bits per heavy atom. The van der Waals surface area contributed by atoms with Crippen molar-refractivity contribution in [3.8, 4) is 0 Å². The number of rotatable bonds is 8. The number of esters is 1. The zero-order chi connectivity index (χ0) is 30.6. The second kappa shape index (κ2) is 13.1. The molecule has 222 valence electrons. The predicted octanol–water partition coefficient (Wildman–Crippen LogP) is 8.33. The van der Waals surface area contributed by atoms with Gasteiger partial charge in [-0.1, -0.05) is 66.7 Å². The van der Waals surface area contributed by atoms with E-state index in [-0.39, 0.29) is 11.8 Å². The van der Waals surface area contributed by atoms with Gasteiger partial charge in [-0.3, -0.25) is 9.59 Å². The number of thiophene rings is 1. The summed E-state index contributed by atoms with van der Waals surface area (Å²) in [6.45, 7) is 1.83. The summed E-state index contributed by atoms with van der Waals surface area (Å²) in [6.07, 6.45) is 2.52. The first-order chi connectivity index (χ1) is 21.4. The SMILES string of the molecule is COC(=O)c1c(NC(=O)C(C)Sc2cccc(NC(=O)c3ccc4ccccc4c3)c2)sc2c1CCC(c1ccccc1)C2. The van der Waals surface area contributed by atoms with Gasteiger partial charge >= 0.3 is 5.97 Å². The van der Waals surface area contributed by atoms with Crippen LogP contribution >= 0.6 is 23.1 Å².